The van der Waals surface area contributed by atoms with Crippen LogP contribution in [0.2, 0.25) is 0 Å². The largest absolute Gasteiger partial charge is 0.464 e. The molecule has 1 atom stereocenters. The molecule has 0 radical (unpaired) electrons. The van der Waals surface area contributed by atoms with Gasteiger partial charge in [-0.3, -0.25) is 14.8 Å². The first-order valence-electron chi connectivity index (χ1n) is 9.70. The summed E-state index contributed by atoms with van der Waals surface area (Å²) in [7, 11) is 0. The fraction of sp³-hybridized carbons (Fsp3) is 0.611. The third-order valence-corrected chi connectivity index (χ3v) is 5.57. The highest BCUT2D eigenvalue weighted by molar-refractivity contribution is 5.59. The number of fused-ring (bicyclic) bond motifs is 3. The molecule has 2 aromatic heterocycles. The predicted molar refractivity (Wildman–Crippen MR) is 102 cm³/mol. The van der Waals surface area contributed by atoms with Gasteiger partial charge in [0.05, 0.1) is 23.8 Å². The van der Waals surface area contributed by atoms with Crippen molar-refractivity contribution in [1.82, 2.24) is 24.6 Å². The Morgan fingerprint density at radius 1 is 1.36 bits per heavy atom. The van der Waals surface area contributed by atoms with Crippen LogP contribution in [0, 0.1) is 23.0 Å². The fourth-order valence-electron chi connectivity index (χ4n) is 4.15. The minimum absolute atomic E-state index is 0.131. The Bertz CT molecular complexity index is 861. The highest BCUT2D eigenvalue weighted by Crippen LogP contribution is 2.35. The van der Waals surface area contributed by atoms with Gasteiger partial charge in [0.2, 0.25) is 5.82 Å². The number of ether oxygens (including phenoxy) is 1. The van der Waals surface area contributed by atoms with Crippen molar-refractivity contribution < 1.29 is 9.66 Å². The van der Waals surface area contributed by atoms with Gasteiger partial charge in [-0.1, -0.05) is 0 Å². The van der Waals surface area contributed by atoms with Crippen LogP contribution in [0.5, 0.6) is 6.01 Å². The van der Waals surface area contributed by atoms with E-state index in [0.717, 1.165) is 12.1 Å². The molecule has 0 aliphatic carbocycles. The topological polar surface area (TPSA) is 111 Å². The predicted octanol–water partition coefficient (Wildman–Crippen LogP) is 2.17. The van der Waals surface area contributed by atoms with Crippen molar-refractivity contribution in [3.63, 3.8) is 0 Å². The molecule has 1 N–H and O–H groups in total. The van der Waals surface area contributed by atoms with E-state index in [-0.39, 0.29) is 23.2 Å². The van der Waals surface area contributed by atoms with Crippen LogP contribution in [0.15, 0.2) is 12.4 Å². The van der Waals surface area contributed by atoms with Gasteiger partial charge in [0.25, 0.3) is 0 Å². The molecule has 3 aliphatic heterocycles. The fourth-order valence-corrected chi connectivity index (χ4v) is 4.15. The van der Waals surface area contributed by atoms with Gasteiger partial charge < -0.3 is 15.0 Å². The molecule has 3 aliphatic rings. The molecular formula is C18H25N7O3. The van der Waals surface area contributed by atoms with Crippen molar-refractivity contribution in [1.29, 1.82) is 0 Å². The van der Waals surface area contributed by atoms with E-state index in [0.29, 0.717) is 25.1 Å². The van der Waals surface area contributed by atoms with Crippen LogP contribution in [-0.4, -0.2) is 55.8 Å². The van der Waals surface area contributed by atoms with Gasteiger partial charge >= 0.3 is 11.7 Å². The van der Waals surface area contributed by atoms with E-state index in [1.807, 2.05) is 19.3 Å². The summed E-state index contributed by atoms with van der Waals surface area (Å²) in [6.45, 7) is 7.61. The van der Waals surface area contributed by atoms with Crippen LogP contribution in [0.3, 0.4) is 0 Å². The average molecular weight is 387 g/mol. The Morgan fingerprint density at radius 3 is 2.79 bits per heavy atom. The van der Waals surface area contributed by atoms with Gasteiger partial charge in [-0.15, -0.1) is 0 Å². The molecule has 1 unspecified atom stereocenters. The smallest absolute Gasteiger partial charge is 0.332 e. The van der Waals surface area contributed by atoms with E-state index in [4.69, 9.17) is 4.74 Å². The highest BCUT2D eigenvalue weighted by atomic mass is 16.6. The van der Waals surface area contributed by atoms with E-state index < -0.39 is 4.92 Å². The van der Waals surface area contributed by atoms with Gasteiger partial charge in [-0.25, -0.2) is 0 Å². The lowest BCUT2D eigenvalue weighted by Gasteiger charge is -2.44. The first kappa shape index (κ1) is 18.6. The summed E-state index contributed by atoms with van der Waals surface area (Å²) in [4.78, 5) is 21.7. The zero-order valence-electron chi connectivity index (χ0n) is 16.2. The molecule has 2 aromatic rings. The van der Waals surface area contributed by atoms with E-state index in [9.17, 15) is 10.1 Å². The lowest BCUT2D eigenvalue weighted by molar-refractivity contribution is -0.385. The Kier molecular flexibility index (Phi) is 5.12. The number of nitro groups is 1. The zero-order chi connectivity index (χ0) is 19.7. The lowest BCUT2D eigenvalue weighted by atomic mass is 9.84. The van der Waals surface area contributed by atoms with Crippen LogP contribution in [-0.2, 0) is 6.54 Å². The minimum Gasteiger partial charge on any atom is -0.464 e. The number of nitrogens with one attached hydrogen (secondary N) is 1. The van der Waals surface area contributed by atoms with Crippen LogP contribution in [0.25, 0.3) is 0 Å². The Labute approximate surface area is 163 Å². The molecule has 3 saturated heterocycles. The van der Waals surface area contributed by atoms with Gasteiger partial charge in [0.15, 0.2) is 0 Å². The first-order chi connectivity index (χ1) is 13.5. The van der Waals surface area contributed by atoms with Crippen LogP contribution in [0.1, 0.15) is 37.1 Å². The second kappa shape index (κ2) is 7.70. The van der Waals surface area contributed by atoms with E-state index in [2.05, 4.69) is 30.0 Å². The quantitative estimate of drug-likeness (QED) is 0.568. The van der Waals surface area contributed by atoms with Gasteiger partial charge in [0, 0.05) is 24.8 Å². The zero-order valence-corrected chi connectivity index (χ0v) is 16.2. The molecule has 5 rings (SSSR count). The normalized spacial score (nSPS) is 23.6. The number of piperidine rings is 3. The Hall–Kier alpha value is -2.75. The molecule has 0 amide bonds. The van der Waals surface area contributed by atoms with E-state index in [1.54, 1.807) is 6.92 Å². The number of hydrogen-bond acceptors (Lipinski definition) is 8. The lowest BCUT2D eigenvalue weighted by Crippen LogP contribution is -2.48. The molecule has 10 nitrogen and oxygen atoms in total. The van der Waals surface area contributed by atoms with Gasteiger partial charge in [0.1, 0.15) is 5.69 Å². The molecule has 150 valence electrons. The Balaban J connectivity index is 1.49. The van der Waals surface area contributed by atoms with E-state index in [1.165, 1.54) is 25.9 Å². The maximum atomic E-state index is 11.4. The Morgan fingerprint density at radius 2 is 2.14 bits per heavy atom. The molecular weight excluding hydrogens is 362 g/mol. The third kappa shape index (κ3) is 3.64. The van der Waals surface area contributed by atoms with Crippen molar-refractivity contribution in [3.05, 3.63) is 33.8 Å². The maximum absolute atomic E-state index is 11.4. The third-order valence-electron chi connectivity index (χ3n) is 5.57. The molecule has 5 heterocycles. The molecule has 0 aromatic carbocycles. The summed E-state index contributed by atoms with van der Waals surface area (Å²) < 4.78 is 7.37. The van der Waals surface area contributed by atoms with Crippen molar-refractivity contribution in [2.45, 2.75) is 39.3 Å². The minimum atomic E-state index is -0.468. The maximum Gasteiger partial charge on any atom is 0.332 e. The molecule has 2 bridgehead atoms. The number of rotatable bonds is 7. The molecule has 0 spiro atoms. The number of anilines is 1. The summed E-state index contributed by atoms with van der Waals surface area (Å²) in [5.41, 5.74) is 1.10. The van der Waals surface area contributed by atoms with Crippen molar-refractivity contribution >= 4 is 11.5 Å². The van der Waals surface area contributed by atoms with Crippen LogP contribution in [0.4, 0.5) is 11.5 Å². The number of aryl methyl sites for hydroxylation is 1. The summed E-state index contributed by atoms with van der Waals surface area (Å²) in [6, 6.07) is 0.549. The monoisotopic (exact) mass is 387 g/mol. The van der Waals surface area contributed by atoms with Crippen molar-refractivity contribution in [2.24, 2.45) is 5.92 Å². The second-order valence-electron chi connectivity index (χ2n) is 7.37. The van der Waals surface area contributed by atoms with Crippen LogP contribution >= 0.6 is 0 Å². The average Bonchev–Trinajstić information content (AvgIpc) is 3.16. The molecule has 0 saturated carbocycles. The molecule has 10 heteroatoms. The van der Waals surface area contributed by atoms with Gasteiger partial charge in [-0.2, -0.15) is 15.1 Å². The summed E-state index contributed by atoms with van der Waals surface area (Å²) >= 11 is 0. The van der Waals surface area contributed by atoms with E-state index >= 15 is 0 Å². The van der Waals surface area contributed by atoms with Crippen LogP contribution < -0.4 is 10.1 Å². The standard InChI is InChI=1S/C18H25N7O3/c1-3-28-18-21-12(2)16(25(26)27)17(22-18)19-8-13-9-20-24(10-13)15-11-23-6-4-14(15)5-7-23/h9-10,14-15H,3-8,11H2,1-2H3,(H,19,21,22). The van der Waals surface area contributed by atoms with Gasteiger partial charge in [-0.05, 0) is 45.7 Å². The molecule has 3 fully saturated rings. The summed E-state index contributed by atoms with van der Waals surface area (Å²) in [5, 5.41) is 19.0. The highest BCUT2D eigenvalue weighted by Gasteiger charge is 2.35. The number of aromatic nitrogens is 4. The molecule has 28 heavy (non-hydrogen) atoms. The first-order valence-corrected chi connectivity index (χ1v) is 9.70. The SMILES string of the molecule is CCOc1nc(C)c([N+](=O)[O-])c(NCc2cnn(C3CN4CCC3CC4)c2)n1. The number of nitrogens with zero attached hydrogens (tertiary/aromatic N) is 6. The van der Waals surface area contributed by atoms with Crippen molar-refractivity contribution in [3.8, 4) is 6.01 Å². The second-order valence-corrected chi connectivity index (χ2v) is 7.37. The summed E-state index contributed by atoms with van der Waals surface area (Å²) in [5.74, 6) is 0.849. The number of hydrogen-bond donors (Lipinski definition) is 1. The van der Waals surface area contributed by atoms with Crippen molar-refractivity contribution in [2.75, 3.05) is 31.6 Å². The summed E-state index contributed by atoms with van der Waals surface area (Å²) in [6.07, 6.45) is 6.30.